The molecule has 0 amide bonds. The molecule has 0 atom stereocenters. The van der Waals surface area contributed by atoms with Crippen LogP contribution in [0.15, 0.2) is 30.4 Å². The maximum absolute atomic E-state index is 9.55. The molecule has 0 aromatic heterocycles. The van der Waals surface area contributed by atoms with Gasteiger partial charge in [-0.3, -0.25) is 0 Å². The van der Waals surface area contributed by atoms with Gasteiger partial charge in [-0.1, -0.05) is 6.07 Å². The summed E-state index contributed by atoms with van der Waals surface area (Å²) >= 11 is 0. The van der Waals surface area contributed by atoms with Crippen LogP contribution in [0.25, 0.3) is 0 Å². The number of carbonyl (C=O) groups is 2. The maximum atomic E-state index is 9.55. The molecule has 130 valence electrons. The van der Waals surface area contributed by atoms with E-state index in [-0.39, 0.29) is 0 Å². The number of carboxylic acid groups (broad SMARTS) is 2. The molecule has 0 saturated carbocycles. The molecular formula is C18H24N2O4. The van der Waals surface area contributed by atoms with Crippen molar-refractivity contribution in [2.24, 2.45) is 0 Å². The lowest BCUT2D eigenvalue weighted by atomic mass is 9.91. The van der Waals surface area contributed by atoms with Crippen molar-refractivity contribution in [1.82, 2.24) is 5.32 Å². The third-order valence-corrected chi connectivity index (χ3v) is 4.18. The number of nitrogens with one attached hydrogen (secondary N) is 1. The lowest BCUT2D eigenvalue weighted by molar-refractivity contribution is -0.134. The van der Waals surface area contributed by atoms with Crippen LogP contribution >= 0.6 is 0 Å². The number of piperazine rings is 1. The van der Waals surface area contributed by atoms with Crippen LogP contribution in [-0.4, -0.2) is 48.3 Å². The fourth-order valence-electron chi connectivity index (χ4n) is 2.98. The molecule has 24 heavy (non-hydrogen) atoms. The van der Waals surface area contributed by atoms with Gasteiger partial charge >= 0.3 is 11.9 Å². The van der Waals surface area contributed by atoms with Crippen molar-refractivity contribution < 1.29 is 19.8 Å². The molecular weight excluding hydrogens is 308 g/mol. The van der Waals surface area contributed by atoms with Crippen molar-refractivity contribution in [3.63, 3.8) is 0 Å². The predicted molar refractivity (Wildman–Crippen MR) is 92.6 cm³/mol. The minimum atomic E-state index is -1.26. The predicted octanol–water partition coefficient (Wildman–Crippen LogP) is 1.69. The molecule has 1 fully saturated rings. The summed E-state index contributed by atoms with van der Waals surface area (Å²) in [7, 11) is 0. The van der Waals surface area contributed by atoms with Gasteiger partial charge in [0.25, 0.3) is 0 Å². The van der Waals surface area contributed by atoms with Gasteiger partial charge < -0.3 is 20.4 Å². The summed E-state index contributed by atoms with van der Waals surface area (Å²) in [6, 6.07) is 7.10. The molecule has 0 unspecified atom stereocenters. The average molecular weight is 332 g/mol. The lowest BCUT2D eigenvalue weighted by Crippen LogP contribution is -2.43. The van der Waals surface area contributed by atoms with Crippen LogP contribution in [0.5, 0.6) is 0 Å². The summed E-state index contributed by atoms with van der Waals surface area (Å²) < 4.78 is 0. The Morgan fingerprint density at radius 2 is 1.54 bits per heavy atom. The molecule has 0 spiro atoms. The highest BCUT2D eigenvalue weighted by Crippen LogP contribution is 2.26. The van der Waals surface area contributed by atoms with E-state index in [2.05, 4.69) is 28.4 Å². The Kier molecular flexibility index (Phi) is 6.81. The van der Waals surface area contributed by atoms with E-state index in [1.807, 2.05) is 0 Å². The fraction of sp³-hybridized carbons (Fsp3) is 0.444. The first-order valence-electron chi connectivity index (χ1n) is 8.27. The third kappa shape index (κ3) is 5.70. The number of nitrogens with zero attached hydrogens (tertiary/aromatic N) is 1. The van der Waals surface area contributed by atoms with Crippen molar-refractivity contribution in [2.75, 3.05) is 31.1 Å². The third-order valence-electron chi connectivity index (χ3n) is 4.18. The highest BCUT2D eigenvalue weighted by Gasteiger charge is 2.14. The minimum Gasteiger partial charge on any atom is -0.478 e. The second-order valence-corrected chi connectivity index (χ2v) is 5.91. The van der Waals surface area contributed by atoms with Gasteiger partial charge in [-0.2, -0.15) is 0 Å². The number of carboxylic acids is 2. The molecule has 0 bridgehead atoms. The molecule has 1 saturated heterocycles. The van der Waals surface area contributed by atoms with Crippen molar-refractivity contribution in [3.8, 4) is 0 Å². The van der Waals surface area contributed by atoms with E-state index in [9.17, 15) is 9.59 Å². The minimum absolute atomic E-state index is 0.558. The van der Waals surface area contributed by atoms with Crippen LogP contribution in [0, 0.1) is 0 Å². The number of hydrogen-bond donors (Lipinski definition) is 3. The quantitative estimate of drug-likeness (QED) is 0.730. The molecule has 6 heteroatoms. The molecule has 1 heterocycles. The van der Waals surface area contributed by atoms with E-state index < -0.39 is 11.9 Å². The smallest absolute Gasteiger partial charge is 0.328 e. The van der Waals surface area contributed by atoms with E-state index in [0.29, 0.717) is 12.2 Å². The van der Waals surface area contributed by atoms with Crippen molar-refractivity contribution in [1.29, 1.82) is 0 Å². The van der Waals surface area contributed by atoms with Gasteiger partial charge in [0.15, 0.2) is 0 Å². The van der Waals surface area contributed by atoms with Crippen LogP contribution in [0.4, 0.5) is 5.69 Å². The molecule has 2 aliphatic rings. The Hall–Kier alpha value is -2.34. The second-order valence-electron chi connectivity index (χ2n) is 5.91. The molecule has 1 aliphatic carbocycles. The van der Waals surface area contributed by atoms with Crippen molar-refractivity contribution in [2.45, 2.75) is 25.7 Å². The molecule has 3 N–H and O–H groups in total. The first-order chi connectivity index (χ1) is 11.6. The topological polar surface area (TPSA) is 89.9 Å². The largest absolute Gasteiger partial charge is 0.478 e. The number of anilines is 1. The SMILES string of the molecule is O=C(O)/C=C\C(=O)O.c1cc2c(cc1N1CCNCC1)CCCC2. The van der Waals surface area contributed by atoms with E-state index in [4.69, 9.17) is 10.2 Å². The van der Waals surface area contributed by atoms with Gasteiger partial charge in [-0.15, -0.1) is 0 Å². The average Bonchev–Trinajstić information content (AvgIpc) is 2.61. The Balaban J connectivity index is 0.000000224. The van der Waals surface area contributed by atoms with E-state index in [1.165, 1.54) is 31.4 Å². The van der Waals surface area contributed by atoms with Gasteiger partial charge in [0.2, 0.25) is 0 Å². The van der Waals surface area contributed by atoms with Crippen LogP contribution in [0.1, 0.15) is 24.0 Å². The standard InChI is InChI=1S/C14H20N2.C4H4O4/c1-2-4-13-11-14(6-5-12(13)3-1)16-9-7-15-8-10-16;5-3(6)1-2-4(7)8/h5-6,11,15H,1-4,7-10H2;1-2H,(H,5,6)(H,7,8)/b;2-1-. The van der Waals surface area contributed by atoms with Crippen LogP contribution in [0.3, 0.4) is 0 Å². The number of rotatable bonds is 3. The fourth-order valence-corrected chi connectivity index (χ4v) is 2.98. The second kappa shape index (κ2) is 9.08. The summed E-state index contributed by atoms with van der Waals surface area (Å²) in [6.45, 7) is 4.55. The van der Waals surface area contributed by atoms with Gasteiger partial charge in [0.05, 0.1) is 0 Å². The molecule has 0 radical (unpaired) electrons. The number of hydrogen-bond acceptors (Lipinski definition) is 4. The molecule has 1 aromatic carbocycles. The normalized spacial score (nSPS) is 16.9. The Morgan fingerprint density at radius 1 is 0.958 bits per heavy atom. The van der Waals surface area contributed by atoms with Gasteiger partial charge in [0, 0.05) is 44.0 Å². The van der Waals surface area contributed by atoms with E-state index >= 15 is 0 Å². The van der Waals surface area contributed by atoms with Crippen LogP contribution < -0.4 is 10.2 Å². The highest BCUT2D eigenvalue weighted by molar-refractivity contribution is 5.89. The van der Waals surface area contributed by atoms with Gasteiger partial charge in [-0.25, -0.2) is 9.59 Å². The lowest BCUT2D eigenvalue weighted by Gasteiger charge is -2.30. The van der Waals surface area contributed by atoms with E-state index in [0.717, 1.165) is 26.2 Å². The first kappa shape index (κ1) is 18.0. The van der Waals surface area contributed by atoms with Crippen molar-refractivity contribution in [3.05, 3.63) is 41.5 Å². The zero-order valence-corrected chi connectivity index (χ0v) is 13.7. The number of aliphatic carboxylic acids is 2. The van der Waals surface area contributed by atoms with Crippen molar-refractivity contribution >= 4 is 17.6 Å². The Morgan fingerprint density at radius 3 is 2.12 bits per heavy atom. The molecule has 3 rings (SSSR count). The molecule has 1 aliphatic heterocycles. The Bertz CT molecular complexity index is 591. The summed E-state index contributed by atoms with van der Waals surface area (Å²) in [5, 5.41) is 19.0. The zero-order valence-electron chi connectivity index (χ0n) is 13.7. The molecule has 6 nitrogen and oxygen atoms in total. The maximum Gasteiger partial charge on any atom is 0.328 e. The van der Waals surface area contributed by atoms with Gasteiger partial charge in [0.1, 0.15) is 0 Å². The van der Waals surface area contributed by atoms with Crippen LogP contribution in [-0.2, 0) is 22.4 Å². The van der Waals surface area contributed by atoms with Crippen LogP contribution in [0.2, 0.25) is 0 Å². The summed E-state index contributed by atoms with van der Waals surface area (Å²) in [4.78, 5) is 21.6. The Labute approximate surface area is 141 Å². The summed E-state index contributed by atoms with van der Waals surface area (Å²) in [5.74, 6) is -2.51. The highest BCUT2D eigenvalue weighted by atomic mass is 16.4. The number of benzene rings is 1. The first-order valence-corrected chi connectivity index (χ1v) is 8.27. The number of aryl methyl sites for hydroxylation is 2. The summed E-state index contributed by atoms with van der Waals surface area (Å²) in [5.41, 5.74) is 4.62. The molecule has 1 aromatic rings. The van der Waals surface area contributed by atoms with E-state index in [1.54, 1.807) is 11.1 Å². The number of fused-ring (bicyclic) bond motifs is 1. The summed E-state index contributed by atoms with van der Waals surface area (Å²) in [6.07, 6.45) is 6.44. The zero-order chi connectivity index (χ0) is 17.4. The monoisotopic (exact) mass is 332 g/mol. The van der Waals surface area contributed by atoms with Gasteiger partial charge in [-0.05, 0) is 48.9 Å².